The zero-order valence-corrected chi connectivity index (χ0v) is 19.5. The average Bonchev–Trinajstić information content (AvgIpc) is 3.28. The maximum atomic E-state index is 6.51. The second-order valence-corrected chi connectivity index (χ2v) is 9.96. The van der Waals surface area contributed by atoms with Crippen molar-refractivity contribution in [2.75, 3.05) is 6.26 Å². The molecule has 6 rings (SSSR count). The van der Waals surface area contributed by atoms with Crippen molar-refractivity contribution in [3.05, 3.63) is 103 Å². The van der Waals surface area contributed by atoms with Crippen molar-refractivity contribution in [1.82, 2.24) is 9.97 Å². The molecule has 0 saturated carbocycles. The highest BCUT2D eigenvalue weighted by Crippen LogP contribution is 2.40. The van der Waals surface area contributed by atoms with Gasteiger partial charge in [0, 0.05) is 26.8 Å². The summed E-state index contributed by atoms with van der Waals surface area (Å²) < 4.78 is 6.51. The highest BCUT2D eigenvalue weighted by Gasteiger charge is 2.18. The molecule has 2 aromatic heterocycles. The van der Waals surface area contributed by atoms with Crippen LogP contribution in [0.4, 0.5) is 0 Å². The first kappa shape index (κ1) is 20.6. The van der Waals surface area contributed by atoms with E-state index in [9.17, 15) is 0 Å². The minimum Gasteiger partial charge on any atom is -0.454 e. The highest BCUT2D eigenvalue weighted by molar-refractivity contribution is 8.13. The third-order valence-electron chi connectivity index (χ3n) is 5.97. The predicted octanol–water partition coefficient (Wildman–Crippen LogP) is 8.07. The second-order valence-electron chi connectivity index (χ2n) is 8.25. The molecule has 164 valence electrons. The molecule has 0 aliphatic heterocycles. The minimum absolute atomic E-state index is 0.163. The fraction of sp³-hybridized carbons (Fsp3) is 0.0333. The molecule has 4 aromatic carbocycles. The monoisotopic (exact) mass is 458 g/mol. The average molecular weight is 459 g/mol. The Bertz CT molecular complexity index is 1610. The summed E-state index contributed by atoms with van der Waals surface area (Å²) in [6, 6.07) is 35.0. The van der Waals surface area contributed by atoms with E-state index in [-0.39, 0.29) is 10.5 Å². The van der Waals surface area contributed by atoms with Crippen LogP contribution in [0.1, 0.15) is 0 Å². The molecule has 2 heterocycles. The van der Waals surface area contributed by atoms with Crippen LogP contribution in [0.5, 0.6) is 0 Å². The molecule has 0 bridgehead atoms. The molecule has 0 amide bonds. The number of furan rings is 1. The fourth-order valence-corrected chi connectivity index (χ4v) is 5.11. The Balaban J connectivity index is 1.64. The summed E-state index contributed by atoms with van der Waals surface area (Å²) in [7, 11) is -0.163. The van der Waals surface area contributed by atoms with Crippen LogP contribution in [0, 0.1) is 0 Å². The standard InChI is InChI=1S/C30H22N2OS/c1-34(2)27-18-10-16-23-22-15-9-17-24(28(22)33-29(23)27)30-31-25(20-11-5-3-6-12-20)19-26(32-30)21-13-7-4-8-14-21/h3-19H,1H2,2H3. The second kappa shape index (κ2) is 8.40. The number of fused-ring (bicyclic) bond motifs is 3. The van der Waals surface area contributed by atoms with Crippen LogP contribution >= 0.6 is 10.5 Å². The van der Waals surface area contributed by atoms with Gasteiger partial charge in [0.05, 0.1) is 17.0 Å². The molecule has 0 aliphatic rings. The Morgan fingerprint density at radius 2 is 1.21 bits per heavy atom. The van der Waals surface area contributed by atoms with Gasteiger partial charge in [-0.3, -0.25) is 0 Å². The summed E-state index contributed by atoms with van der Waals surface area (Å²) in [5.74, 6) is 4.89. The molecule has 0 spiro atoms. The molecule has 1 unspecified atom stereocenters. The summed E-state index contributed by atoms with van der Waals surface area (Å²) >= 11 is 0. The molecule has 0 saturated heterocycles. The lowest BCUT2D eigenvalue weighted by Crippen LogP contribution is -1.96. The van der Waals surface area contributed by atoms with E-state index in [0.717, 1.165) is 54.9 Å². The number of hydrogen-bond donors (Lipinski definition) is 0. The molecule has 4 heteroatoms. The van der Waals surface area contributed by atoms with E-state index >= 15 is 0 Å². The Kier molecular flexibility index (Phi) is 5.08. The number of aromatic nitrogens is 2. The van der Waals surface area contributed by atoms with Crippen LogP contribution in [-0.4, -0.2) is 22.1 Å². The van der Waals surface area contributed by atoms with Crippen molar-refractivity contribution >= 4 is 38.3 Å². The fourth-order valence-electron chi connectivity index (χ4n) is 4.33. The first-order chi connectivity index (χ1) is 16.7. The topological polar surface area (TPSA) is 38.9 Å². The zero-order valence-electron chi connectivity index (χ0n) is 18.7. The van der Waals surface area contributed by atoms with Crippen LogP contribution in [0.3, 0.4) is 0 Å². The van der Waals surface area contributed by atoms with E-state index in [1.807, 2.05) is 42.5 Å². The number of benzene rings is 4. The van der Waals surface area contributed by atoms with E-state index in [2.05, 4.69) is 72.8 Å². The van der Waals surface area contributed by atoms with E-state index in [4.69, 9.17) is 14.4 Å². The first-order valence-corrected chi connectivity index (χ1v) is 12.9. The van der Waals surface area contributed by atoms with Gasteiger partial charge in [-0.15, -0.1) is 0 Å². The van der Waals surface area contributed by atoms with Gasteiger partial charge in [-0.2, -0.15) is 10.5 Å². The molecule has 1 atom stereocenters. The van der Waals surface area contributed by atoms with Gasteiger partial charge in [-0.25, -0.2) is 9.97 Å². The number of nitrogens with zero attached hydrogens (tertiary/aromatic N) is 2. The van der Waals surface area contributed by atoms with Gasteiger partial charge in [0.15, 0.2) is 5.82 Å². The van der Waals surface area contributed by atoms with Crippen LogP contribution in [0.2, 0.25) is 0 Å². The maximum Gasteiger partial charge on any atom is 0.164 e. The number of para-hydroxylation sites is 2. The number of rotatable bonds is 4. The summed E-state index contributed by atoms with van der Waals surface area (Å²) in [5.41, 5.74) is 6.45. The molecular formula is C30H22N2OS. The summed E-state index contributed by atoms with van der Waals surface area (Å²) in [4.78, 5) is 11.1. The van der Waals surface area contributed by atoms with Crippen molar-refractivity contribution in [2.45, 2.75) is 4.90 Å². The summed E-state index contributed by atoms with van der Waals surface area (Å²) in [5, 5.41) is 2.16. The lowest BCUT2D eigenvalue weighted by Gasteiger charge is -2.09. The molecule has 0 aliphatic carbocycles. The largest absolute Gasteiger partial charge is 0.454 e. The highest BCUT2D eigenvalue weighted by atomic mass is 32.2. The number of hydrogen-bond acceptors (Lipinski definition) is 3. The van der Waals surface area contributed by atoms with Gasteiger partial charge in [-0.05, 0) is 24.5 Å². The third kappa shape index (κ3) is 3.53. The molecule has 34 heavy (non-hydrogen) atoms. The molecule has 0 N–H and O–H groups in total. The van der Waals surface area contributed by atoms with Crippen LogP contribution in [-0.2, 0) is 0 Å². The lowest BCUT2D eigenvalue weighted by molar-refractivity contribution is 0.661. The van der Waals surface area contributed by atoms with Gasteiger partial charge < -0.3 is 4.42 Å². The van der Waals surface area contributed by atoms with E-state index in [1.54, 1.807) is 0 Å². The van der Waals surface area contributed by atoms with Crippen molar-refractivity contribution in [2.24, 2.45) is 0 Å². The Morgan fingerprint density at radius 1 is 0.647 bits per heavy atom. The van der Waals surface area contributed by atoms with Gasteiger partial charge in [0.2, 0.25) is 0 Å². The van der Waals surface area contributed by atoms with Crippen molar-refractivity contribution in [3.8, 4) is 33.9 Å². The third-order valence-corrected chi connectivity index (χ3v) is 7.04. The van der Waals surface area contributed by atoms with Gasteiger partial charge in [-0.1, -0.05) is 90.8 Å². The van der Waals surface area contributed by atoms with Crippen molar-refractivity contribution in [3.63, 3.8) is 0 Å². The van der Waals surface area contributed by atoms with Crippen molar-refractivity contribution in [1.29, 1.82) is 0 Å². The van der Waals surface area contributed by atoms with Gasteiger partial charge in [0.25, 0.3) is 0 Å². The molecule has 0 radical (unpaired) electrons. The van der Waals surface area contributed by atoms with Crippen LogP contribution in [0.15, 0.2) is 112 Å². The first-order valence-electron chi connectivity index (χ1n) is 11.1. The van der Waals surface area contributed by atoms with E-state index < -0.39 is 0 Å². The normalized spacial score (nSPS) is 12.3. The molecular weight excluding hydrogens is 436 g/mol. The van der Waals surface area contributed by atoms with Crippen LogP contribution in [0.25, 0.3) is 55.8 Å². The minimum atomic E-state index is -0.163. The van der Waals surface area contributed by atoms with Gasteiger partial charge >= 0.3 is 0 Å². The molecule has 6 aromatic rings. The quantitative estimate of drug-likeness (QED) is 0.251. The summed E-state index contributed by atoms with van der Waals surface area (Å²) in [6.07, 6.45) is 2.11. The SMILES string of the molecule is C=S(C)c1cccc2c1oc1c(-c3nc(-c4ccccc4)cc(-c4ccccc4)n3)cccc12. The zero-order chi connectivity index (χ0) is 23.1. The maximum absolute atomic E-state index is 6.51. The molecule has 0 fully saturated rings. The lowest BCUT2D eigenvalue weighted by atomic mass is 10.1. The Labute approximate surface area is 200 Å². The summed E-state index contributed by atoms with van der Waals surface area (Å²) in [6.45, 7) is 0. The predicted molar refractivity (Wildman–Crippen MR) is 145 cm³/mol. The van der Waals surface area contributed by atoms with Gasteiger partial charge in [0.1, 0.15) is 11.2 Å². The van der Waals surface area contributed by atoms with E-state index in [0.29, 0.717) is 5.82 Å². The van der Waals surface area contributed by atoms with Crippen LogP contribution < -0.4 is 0 Å². The Morgan fingerprint density at radius 3 is 1.79 bits per heavy atom. The van der Waals surface area contributed by atoms with Crippen molar-refractivity contribution < 1.29 is 4.42 Å². The molecule has 3 nitrogen and oxygen atoms in total. The Hall–Kier alpha value is -4.02. The van der Waals surface area contributed by atoms with E-state index in [1.165, 1.54) is 0 Å². The smallest absolute Gasteiger partial charge is 0.164 e.